The number of alkyl halides is 3. The van der Waals surface area contributed by atoms with Crippen molar-refractivity contribution >= 4 is 21.9 Å². The highest BCUT2D eigenvalue weighted by molar-refractivity contribution is 9.08. The first-order valence-corrected chi connectivity index (χ1v) is 6.58. The highest BCUT2D eigenvalue weighted by Crippen LogP contribution is 2.25. The van der Waals surface area contributed by atoms with E-state index in [4.69, 9.17) is 10.00 Å². The summed E-state index contributed by atoms with van der Waals surface area (Å²) in [6.07, 6.45) is -2.93. The predicted octanol–water partition coefficient (Wildman–Crippen LogP) is 2.89. The summed E-state index contributed by atoms with van der Waals surface area (Å²) in [4.78, 5) is 15.0. The Labute approximate surface area is 117 Å². The Morgan fingerprint density at radius 1 is 1.58 bits per heavy atom. The number of hydrogen-bond acceptors (Lipinski definition) is 4. The van der Waals surface area contributed by atoms with Crippen LogP contribution in [0.4, 0.5) is 8.78 Å². The maximum absolute atomic E-state index is 12.8. The Kier molecular flexibility index (Phi) is 5.83. The second-order valence-corrected chi connectivity index (χ2v) is 4.13. The van der Waals surface area contributed by atoms with Crippen molar-refractivity contribution in [1.29, 1.82) is 5.26 Å². The van der Waals surface area contributed by atoms with Crippen molar-refractivity contribution in [3.63, 3.8) is 0 Å². The number of esters is 1. The van der Waals surface area contributed by atoms with Crippen molar-refractivity contribution in [3.05, 3.63) is 28.6 Å². The minimum absolute atomic E-state index is 0.159. The lowest BCUT2D eigenvalue weighted by molar-refractivity contribution is -0.142. The fraction of sp³-hybridized carbons (Fsp3) is 0.417. The van der Waals surface area contributed by atoms with E-state index in [2.05, 4.69) is 20.9 Å². The molecular weight excluding hydrogens is 322 g/mol. The molecule has 0 saturated carbocycles. The predicted molar refractivity (Wildman–Crippen MR) is 66.9 cm³/mol. The molecule has 0 fully saturated rings. The van der Waals surface area contributed by atoms with Gasteiger partial charge in [0.1, 0.15) is 17.5 Å². The molecule has 7 heteroatoms. The molecule has 0 atom stereocenters. The van der Waals surface area contributed by atoms with Crippen LogP contribution in [0.15, 0.2) is 6.07 Å². The quantitative estimate of drug-likeness (QED) is 0.614. The van der Waals surface area contributed by atoms with Crippen molar-refractivity contribution in [2.24, 2.45) is 0 Å². The number of pyridine rings is 1. The molecule has 0 amide bonds. The molecule has 0 aliphatic carbocycles. The van der Waals surface area contributed by atoms with Crippen LogP contribution in [0.3, 0.4) is 0 Å². The van der Waals surface area contributed by atoms with Crippen LogP contribution in [0, 0.1) is 11.3 Å². The number of hydrogen-bond donors (Lipinski definition) is 0. The lowest BCUT2D eigenvalue weighted by Gasteiger charge is -2.10. The monoisotopic (exact) mass is 332 g/mol. The molecule has 0 aliphatic rings. The van der Waals surface area contributed by atoms with E-state index in [0.29, 0.717) is 5.56 Å². The molecule has 1 aromatic heterocycles. The van der Waals surface area contributed by atoms with Crippen LogP contribution in [-0.4, -0.2) is 17.6 Å². The van der Waals surface area contributed by atoms with E-state index in [1.807, 2.05) is 0 Å². The zero-order valence-corrected chi connectivity index (χ0v) is 11.7. The average molecular weight is 333 g/mol. The molecule has 0 unspecified atom stereocenters. The number of nitriles is 1. The molecular formula is C12H11BrF2N2O2. The van der Waals surface area contributed by atoms with Gasteiger partial charge in [0.15, 0.2) is 0 Å². The van der Waals surface area contributed by atoms with Gasteiger partial charge >= 0.3 is 5.97 Å². The number of carbonyl (C=O) groups is 1. The number of carbonyl (C=O) groups excluding carboxylic acids is 1. The molecule has 1 rings (SSSR count). The highest BCUT2D eigenvalue weighted by atomic mass is 79.9. The van der Waals surface area contributed by atoms with Crippen LogP contribution in [0.25, 0.3) is 0 Å². The van der Waals surface area contributed by atoms with Crippen LogP contribution in [0.5, 0.6) is 0 Å². The van der Waals surface area contributed by atoms with Crippen molar-refractivity contribution < 1.29 is 18.3 Å². The third-order valence-electron chi connectivity index (χ3n) is 2.31. The maximum atomic E-state index is 12.8. The van der Waals surface area contributed by atoms with Gasteiger partial charge in [0.2, 0.25) is 0 Å². The molecule has 1 aromatic rings. The van der Waals surface area contributed by atoms with E-state index in [1.54, 1.807) is 13.0 Å². The number of rotatable bonds is 5. The SMILES string of the molecule is CCOC(=O)Cc1cc(CBr)c(C(F)F)nc1C#N. The summed E-state index contributed by atoms with van der Waals surface area (Å²) in [5.41, 5.74) is -0.0674. The van der Waals surface area contributed by atoms with Gasteiger partial charge in [-0.2, -0.15) is 5.26 Å². The normalized spacial score (nSPS) is 10.3. The molecule has 0 aliphatic heterocycles. The minimum Gasteiger partial charge on any atom is -0.466 e. The van der Waals surface area contributed by atoms with Crippen LogP contribution >= 0.6 is 15.9 Å². The Bertz CT molecular complexity index is 515. The van der Waals surface area contributed by atoms with Crippen molar-refractivity contribution in [3.8, 4) is 6.07 Å². The minimum atomic E-state index is -2.77. The highest BCUT2D eigenvalue weighted by Gasteiger charge is 2.19. The molecule has 19 heavy (non-hydrogen) atoms. The summed E-state index contributed by atoms with van der Waals surface area (Å²) < 4.78 is 30.3. The number of ether oxygens (including phenoxy) is 1. The van der Waals surface area contributed by atoms with Gasteiger partial charge < -0.3 is 4.74 Å². The van der Waals surface area contributed by atoms with Gasteiger partial charge in [0.05, 0.1) is 13.0 Å². The van der Waals surface area contributed by atoms with Crippen molar-refractivity contribution in [2.45, 2.75) is 25.1 Å². The van der Waals surface area contributed by atoms with Gasteiger partial charge in [-0.25, -0.2) is 13.8 Å². The second kappa shape index (κ2) is 7.14. The number of halogens is 3. The van der Waals surface area contributed by atoms with E-state index < -0.39 is 18.1 Å². The summed E-state index contributed by atoms with van der Waals surface area (Å²) in [5.74, 6) is -0.522. The zero-order valence-electron chi connectivity index (χ0n) is 10.1. The first-order chi connectivity index (χ1) is 9.03. The fourth-order valence-electron chi connectivity index (χ4n) is 1.51. The smallest absolute Gasteiger partial charge is 0.310 e. The molecule has 0 aromatic carbocycles. The van der Waals surface area contributed by atoms with Gasteiger partial charge in [0, 0.05) is 10.9 Å². The summed E-state index contributed by atoms with van der Waals surface area (Å²) in [6, 6.07) is 3.11. The van der Waals surface area contributed by atoms with Crippen LogP contribution in [0.1, 0.15) is 35.9 Å². The topological polar surface area (TPSA) is 63.0 Å². The lowest BCUT2D eigenvalue weighted by atomic mass is 10.1. The van der Waals surface area contributed by atoms with E-state index in [-0.39, 0.29) is 29.6 Å². The summed E-state index contributed by atoms with van der Waals surface area (Å²) >= 11 is 3.08. The average Bonchev–Trinajstić information content (AvgIpc) is 2.38. The molecule has 4 nitrogen and oxygen atoms in total. The van der Waals surface area contributed by atoms with Crippen molar-refractivity contribution in [2.75, 3.05) is 6.61 Å². The fourth-order valence-corrected chi connectivity index (χ4v) is 1.96. The van der Waals surface area contributed by atoms with Gasteiger partial charge in [-0.15, -0.1) is 0 Å². The molecule has 0 saturated heterocycles. The Hall–Kier alpha value is -1.55. The van der Waals surface area contributed by atoms with Crippen LogP contribution in [0.2, 0.25) is 0 Å². The van der Waals surface area contributed by atoms with Gasteiger partial charge in [-0.05, 0) is 18.6 Å². The van der Waals surface area contributed by atoms with Crippen molar-refractivity contribution in [1.82, 2.24) is 4.98 Å². The van der Waals surface area contributed by atoms with Crippen LogP contribution < -0.4 is 0 Å². The zero-order chi connectivity index (χ0) is 14.4. The largest absolute Gasteiger partial charge is 0.466 e. The number of aromatic nitrogens is 1. The maximum Gasteiger partial charge on any atom is 0.310 e. The molecule has 1 heterocycles. The van der Waals surface area contributed by atoms with Gasteiger partial charge in [0.25, 0.3) is 6.43 Å². The van der Waals surface area contributed by atoms with Gasteiger partial charge in [-0.3, -0.25) is 4.79 Å². The molecule has 0 N–H and O–H groups in total. The number of nitrogens with zero attached hydrogens (tertiary/aromatic N) is 2. The molecule has 0 radical (unpaired) electrons. The standard InChI is InChI=1S/C12H11BrF2N2O2/c1-2-19-10(18)4-7-3-8(5-13)11(12(14)15)17-9(7)6-16/h3,12H,2,4-5H2,1H3. The first kappa shape index (κ1) is 15.5. The Morgan fingerprint density at radius 2 is 2.26 bits per heavy atom. The van der Waals surface area contributed by atoms with E-state index >= 15 is 0 Å². The van der Waals surface area contributed by atoms with Gasteiger partial charge in [-0.1, -0.05) is 15.9 Å². The lowest BCUT2D eigenvalue weighted by Crippen LogP contribution is -2.11. The Morgan fingerprint density at radius 3 is 2.74 bits per heavy atom. The first-order valence-electron chi connectivity index (χ1n) is 5.46. The summed E-state index contributed by atoms with van der Waals surface area (Å²) in [7, 11) is 0. The van der Waals surface area contributed by atoms with E-state index in [1.165, 1.54) is 6.07 Å². The van der Waals surface area contributed by atoms with Crippen LogP contribution in [-0.2, 0) is 21.3 Å². The molecule has 102 valence electrons. The third-order valence-corrected chi connectivity index (χ3v) is 2.91. The third kappa shape index (κ3) is 3.96. The molecule has 0 spiro atoms. The summed E-state index contributed by atoms with van der Waals surface area (Å²) in [6.45, 7) is 1.87. The van der Waals surface area contributed by atoms with E-state index in [0.717, 1.165) is 0 Å². The molecule has 0 bridgehead atoms. The Balaban J connectivity index is 3.18. The summed E-state index contributed by atoms with van der Waals surface area (Å²) in [5, 5.41) is 9.08. The second-order valence-electron chi connectivity index (χ2n) is 3.57. The van der Waals surface area contributed by atoms with E-state index in [9.17, 15) is 13.6 Å².